The SMILES string of the molecule is CC(C)(C#N)c1nccc(-c2cccs2)n1. The smallest absolute Gasteiger partial charge is 0.148 e. The monoisotopic (exact) mass is 229 g/mol. The first-order valence-corrected chi connectivity index (χ1v) is 5.80. The Labute approximate surface area is 98.4 Å². The molecule has 0 saturated heterocycles. The van der Waals surface area contributed by atoms with Crippen LogP contribution < -0.4 is 0 Å². The van der Waals surface area contributed by atoms with Gasteiger partial charge in [-0.2, -0.15) is 5.26 Å². The van der Waals surface area contributed by atoms with Gasteiger partial charge in [-0.25, -0.2) is 9.97 Å². The number of nitrogens with zero attached hydrogens (tertiary/aromatic N) is 3. The van der Waals surface area contributed by atoms with E-state index in [9.17, 15) is 0 Å². The zero-order chi connectivity index (χ0) is 11.6. The molecule has 0 fully saturated rings. The summed E-state index contributed by atoms with van der Waals surface area (Å²) in [5.41, 5.74) is 0.233. The highest BCUT2D eigenvalue weighted by Gasteiger charge is 2.23. The van der Waals surface area contributed by atoms with E-state index in [0.29, 0.717) is 5.82 Å². The minimum Gasteiger partial charge on any atom is -0.240 e. The summed E-state index contributed by atoms with van der Waals surface area (Å²) in [5.74, 6) is 0.570. The van der Waals surface area contributed by atoms with Crippen LogP contribution in [0.2, 0.25) is 0 Å². The van der Waals surface area contributed by atoms with Crippen LogP contribution in [0.3, 0.4) is 0 Å². The number of thiophene rings is 1. The second-order valence-electron chi connectivity index (χ2n) is 3.98. The molecule has 4 heteroatoms. The summed E-state index contributed by atoms with van der Waals surface area (Å²) < 4.78 is 0. The first-order valence-electron chi connectivity index (χ1n) is 4.92. The number of hydrogen-bond donors (Lipinski definition) is 0. The van der Waals surface area contributed by atoms with Crippen molar-refractivity contribution < 1.29 is 0 Å². The van der Waals surface area contributed by atoms with Gasteiger partial charge in [0.2, 0.25) is 0 Å². The first kappa shape index (κ1) is 10.8. The molecular weight excluding hydrogens is 218 g/mol. The molecule has 0 atom stereocenters. The molecule has 0 saturated carbocycles. The third kappa shape index (κ3) is 1.95. The molecule has 0 spiro atoms. The van der Waals surface area contributed by atoms with Gasteiger partial charge >= 0.3 is 0 Å². The van der Waals surface area contributed by atoms with E-state index in [-0.39, 0.29) is 0 Å². The third-order valence-electron chi connectivity index (χ3n) is 2.27. The van der Waals surface area contributed by atoms with Crippen LogP contribution in [0.5, 0.6) is 0 Å². The van der Waals surface area contributed by atoms with Crippen molar-refractivity contribution in [1.29, 1.82) is 5.26 Å². The summed E-state index contributed by atoms with van der Waals surface area (Å²) in [4.78, 5) is 9.69. The molecule has 0 amide bonds. The summed E-state index contributed by atoms with van der Waals surface area (Å²) in [6, 6.07) is 8.07. The quantitative estimate of drug-likeness (QED) is 0.795. The fourth-order valence-corrected chi connectivity index (χ4v) is 1.97. The van der Waals surface area contributed by atoms with E-state index in [4.69, 9.17) is 5.26 Å². The molecule has 0 aromatic carbocycles. The number of nitriles is 1. The molecule has 2 aromatic rings. The van der Waals surface area contributed by atoms with Crippen LogP contribution >= 0.6 is 11.3 Å². The lowest BCUT2D eigenvalue weighted by molar-refractivity contribution is 0.630. The summed E-state index contributed by atoms with van der Waals surface area (Å²) in [6.45, 7) is 3.64. The van der Waals surface area contributed by atoms with Gasteiger partial charge in [-0.05, 0) is 31.4 Å². The number of hydrogen-bond acceptors (Lipinski definition) is 4. The van der Waals surface area contributed by atoms with Gasteiger partial charge in [-0.15, -0.1) is 11.3 Å². The Kier molecular flexibility index (Phi) is 2.71. The Morgan fingerprint density at radius 2 is 2.19 bits per heavy atom. The largest absolute Gasteiger partial charge is 0.240 e. The zero-order valence-corrected chi connectivity index (χ0v) is 9.95. The van der Waals surface area contributed by atoms with Crippen LogP contribution in [0.15, 0.2) is 29.8 Å². The van der Waals surface area contributed by atoms with Gasteiger partial charge in [-0.1, -0.05) is 6.07 Å². The molecule has 2 rings (SSSR count). The van der Waals surface area contributed by atoms with Crippen LogP contribution in [0.4, 0.5) is 0 Å². The van der Waals surface area contributed by atoms with E-state index >= 15 is 0 Å². The average Bonchev–Trinajstić information content (AvgIpc) is 2.83. The van der Waals surface area contributed by atoms with E-state index < -0.39 is 5.41 Å². The fourth-order valence-electron chi connectivity index (χ4n) is 1.27. The summed E-state index contributed by atoms with van der Waals surface area (Å²) in [5, 5.41) is 11.0. The highest BCUT2D eigenvalue weighted by atomic mass is 32.1. The second kappa shape index (κ2) is 4.03. The predicted octanol–water partition coefficient (Wildman–Crippen LogP) is 3.01. The van der Waals surface area contributed by atoms with Gasteiger partial charge in [0.1, 0.15) is 11.2 Å². The molecule has 80 valence electrons. The van der Waals surface area contributed by atoms with Gasteiger partial charge in [0.25, 0.3) is 0 Å². The average molecular weight is 229 g/mol. The van der Waals surface area contributed by atoms with Gasteiger partial charge in [0.05, 0.1) is 16.6 Å². The lowest BCUT2D eigenvalue weighted by Crippen LogP contribution is -2.18. The van der Waals surface area contributed by atoms with Gasteiger partial charge in [0.15, 0.2) is 0 Å². The van der Waals surface area contributed by atoms with E-state index in [1.165, 1.54) is 0 Å². The maximum Gasteiger partial charge on any atom is 0.148 e. The van der Waals surface area contributed by atoms with Gasteiger partial charge in [0, 0.05) is 6.20 Å². The van der Waals surface area contributed by atoms with E-state index in [0.717, 1.165) is 10.6 Å². The van der Waals surface area contributed by atoms with Crippen molar-refractivity contribution in [2.45, 2.75) is 19.3 Å². The minimum absolute atomic E-state index is 0.570. The van der Waals surface area contributed by atoms with Crippen molar-refractivity contribution in [3.63, 3.8) is 0 Å². The molecular formula is C12H11N3S. The first-order chi connectivity index (χ1) is 7.63. The van der Waals surface area contributed by atoms with Crippen LogP contribution in [0.25, 0.3) is 10.6 Å². The highest BCUT2D eigenvalue weighted by molar-refractivity contribution is 7.13. The van der Waals surface area contributed by atoms with E-state index in [2.05, 4.69) is 16.0 Å². The molecule has 0 radical (unpaired) electrons. The lowest BCUT2D eigenvalue weighted by Gasteiger charge is -2.13. The molecule has 0 N–H and O–H groups in total. The van der Waals surface area contributed by atoms with Crippen molar-refractivity contribution in [3.05, 3.63) is 35.6 Å². The van der Waals surface area contributed by atoms with Crippen molar-refractivity contribution >= 4 is 11.3 Å². The molecule has 2 heterocycles. The Balaban J connectivity index is 2.46. The predicted molar refractivity (Wildman–Crippen MR) is 64.0 cm³/mol. The summed E-state index contributed by atoms with van der Waals surface area (Å²) in [7, 11) is 0. The normalized spacial score (nSPS) is 11.1. The highest BCUT2D eigenvalue weighted by Crippen LogP contribution is 2.25. The summed E-state index contributed by atoms with van der Waals surface area (Å²) >= 11 is 1.63. The maximum absolute atomic E-state index is 9.04. The zero-order valence-electron chi connectivity index (χ0n) is 9.14. The Bertz CT molecular complexity index is 523. The van der Waals surface area contributed by atoms with Crippen LogP contribution in [0.1, 0.15) is 19.7 Å². The molecule has 0 bridgehead atoms. The molecule has 16 heavy (non-hydrogen) atoms. The Morgan fingerprint density at radius 1 is 1.38 bits per heavy atom. The number of aromatic nitrogens is 2. The fraction of sp³-hybridized carbons (Fsp3) is 0.250. The standard InChI is InChI=1S/C12H11N3S/c1-12(2,8-13)11-14-6-5-9(15-11)10-4-3-7-16-10/h3-7H,1-2H3. The molecule has 2 aromatic heterocycles. The van der Waals surface area contributed by atoms with Crippen LogP contribution in [-0.2, 0) is 5.41 Å². The Morgan fingerprint density at radius 3 is 2.81 bits per heavy atom. The molecule has 0 aliphatic heterocycles. The van der Waals surface area contributed by atoms with Crippen molar-refractivity contribution in [1.82, 2.24) is 9.97 Å². The van der Waals surface area contributed by atoms with Crippen molar-refractivity contribution in [2.24, 2.45) is 0 Å². The number of rotatable bonds is 2. The van der Waals surface area contributed by atoms with Gasteiger partial charge < -0.3 is 0 Å². The molecule has 0 aliphatic carbocycles. The van der Waals surface area contributed by atoms with Crippen molar-refractivity contribution in [2.75, 3.05) is 0 Å². The van der Waals surface area contributed by atoms with Crippen LogP contribution in [0, 0.1) is 11.3 Å². The molecule has 0 aliphatic rings. The molecule has 0 unspecified atom stereocenters. The molecule has 3 nitrogen and oxygen atoms in total. The maximum atomic E-state index is 9.04. The summed E-state index contributed by atoms with van der Waals surface area (Å²) in [6.07, 6.45) is 1.70. The second-order valence-corrected chi connectivity index (χ2v) is 4.93. The van der Waals surface area contributed by atoms with Crippen molar-refractivity contribution in [3.8, 4) is 16.6 Å². The van der Waals surface area contributed by atoms with E-state index in [1.807, 2.05) is 37.4 Å². The van der Waals surface area contributed by atoms with E-state index in [1.54, 1.807) is 17.5 Å². The topological polar surface area (TPSA) is 49.6 Å². The van der Waals surface area contributed by atoms with Gasteiger partial charge in [-0.3, -0.25) is 0 Å². The van der Waals surface area contributed by atoms with Crippen LogP contribution in [-0.4, -0.2) is 9.97 Å². The Hall–Kier alpha value is -1.73. The third-order valence-corrected chi connectivity index (χ3v) is 3.16. The minimum atomic E-state index is -0.646. The lowest BCUT2D eigenvalue weighted by atomic mass is 9.95.